The van der Waals surface area contributed by atoms with Crippen molar-refractivity contribution < 1.29 is 9.53 Å². The molecule has 1 amide bonds. The third-order valence-corrected chi connectivity index (χ3v) is 4.54. The fourth-order valence-corrected chi connectivity index (χ4v) is 3.02. The molecular formula is C22H16ClN3O2. The molecule has 2 aromatic carbocycles. The van der Waals surface area contributed by atoms with Gasteiger partial charge in [0.2, 0.25) is 0 Å². The highest BCUT2D eigenvalue weighted by Crippen LogP contribution is 2.27. The van der Waals surface area contributed by atoms with Crippen LogP contribution in [0, 0.1) is 0 Å². The molecule has 0 fully saturated rings. The van der Waals surface area contributed by atoms with Crippen molar-refractivity contribution in [2.45, 2.75) is 0 Å². The summed E-state index contributed by atoms with van der Waals surface area (Å²) in [6.45, 7) is 0. The summed E-state index contributed by atoms with van der Waals surface area (Å²) >= 11 is 5.86. The summed E-state index contributed by atoms with van der Waals surface area (Å²) < 4.78 is 5.21. The number of carbonyl (C=O) groups is 1. The normalized spacial score (nSPS) is 10.6. The molecule has 0 saturated carbocycles. The number of nitrogens with one attached hydrogen (secondary N) is 1. The van der Waals surface area contributed by atoms with Gasteiger partial charge in [-0.1, -0.05) is 29.8 Å². The monoisotopic (exact) mass is 389 g/mol. The van der Waals surface area contributed by atoms with E-state index in [-0.39, 0.29) is 5.91 Å². The van der Waals surface area contributed by atoms with Crippen LogP contribution in [0.15, 0.2) is 72.9 Å². The number of methoxy groups -OCH3 is 1. The van der Waals surface area contributed by atoms with Crippen LogP contribution in [0.1, 0.15) is 10.4 Å². The summed E-state index contributed by atoms with van der Waals surface area (Å²) in [5.41, 5.74) is 2.86. The van der Waals surface area contributed by atoms with Gasteiger partial charge in [-0.25, -0.2) is 9.97 Å². The van der Waals surface area contributed by atoms with Crippen molar-refractivity contribution in [3.8, 4) is 17.0 Å². The Bertz CT molecular complexity index is 1140. The van der Waals surface area contributed by atoms with E-state index >= 15 is 0 Å². The number of hydrogen-bond donors (Lipinski definition) is 1. The van der Waals surface area contributed by atoms with Crippen LogP contribution in [-0.4, -0.2) is 23.0 Å². The summed E-state index contributed by atoms with van der Waals surface area (Å²) in [5.74, 6) is 0.931. The summed E-state index contributed by atoms with van der Waals surface area (Å²) in [5, 5.41) is 4.10. The molecule has 0 atom stereocenters. The van der Waals surface area contributed by atoms with E-state index in [4.69, 9.17) is 21.3 Å². The highest BCUT2D eigenvalue weighted by atomic mass is 35.5. The van der Waals surface area contributed by atoms with E-state index in [9.17, 15) is 4.79 Å². The molecule has 0 aliphatic carbocycles. The van der Waals surface area contributed by atoms with E-state index in [0.29, 0.717) is 22.1 Å². The maximum Gasteiger partial charge on any atom is 0.257 e. The fourth-order valence-electron chi connectivity index (χ4n) is 2.91. The van der Waals surface area contributed by atoms with Gasteiger partial charge < -0.3 is 10.1 Å². The van der Waals surface area contributed by atoms with Gasteiger partial charge in [-0.15, -0.1) is 0 Å². The molecule has 28 heavy (non-hydrogen) atoms. The maximum absolute atomic E-state index is 13.0. The number of anilines is 1. The van der Waals surface area contributed by atoms with Gasteiger partial charge in [0.05, 0.1) is 28.9 Å². The molecular weight excluding hydrogens is 374 g/mol. The zero-order chi connectivity index (χ0) is 19.5. The Hall–Kier alpha value is -3.44. The van der Waals surface area contributed by atoms with Gasteiger partial charge in [0.15, 0.2) is 0 Å². The second-order valence-electron chi connectivity index (χ2n) is 6.12. The molecule has 2 aromatic heterocycles. The number of ether oxygens (including phenoxy) is 1. The van der Waals surface area contributed by atoms with Crippen LogP contribution >= 0.6 is 11.6 Å². The van der Waals surface area contributed by atoms with E-state index in [1.165, 1.54) is 6.20 Å². The molecule has 2 heterocycles. The minimum atomic E-state index is -0.261. The zero-order valence-electron chi connectivity index (χ0n) is 15.0. The number of amides is 1. The summed E-state index contributed by atoms with van der Waals surface area (Å²) in [4.78, 5) is 21.8. The minimum Gasteiger partial charge on any atom is -0.497 e. The topological polar surface area (TPSA) is 64.1 Å². The van der Waals surface area contributed by atoms with E-state index in [1.807, 2.05) is 48.5 Å². The molecule has 4 aromatic rings. The Balaban J connectivity index is 1.77. The molecule has 4 rings (SSSR count). The standard InChI is InChI=1S/C22H16ClN3O2/c1-28-16-9-6-14(7-10-16)20-12-18(17-4-2-3-5-19(17)25-20)22(27)26-21-11-8-15(23)13-24-21/h2-13H,1H3,(H,24,26,27). The molecule has 0 saturated heterocycles. The molecule has 1 N–H and O–H groups in total. The highest BCUT2D eigenvalue weighted by molar-refractivity contribution is 6.30. The number of halogens is 1. The van der Waals surface area contributed by atoms with E-state index in [0.717, 1.165) is 22.2 Å². The van der Waals surface area contributed by atoms with Gasteiger partial charge in [-0.2, -0.15) is 0 Å². The first-order chi connectivity index (χ1) is 13.6. The van der Waals surface area contributed by atoms with Gasteiger partial charge >= 0.3 is 0 Å². The molecule has 0 radical (unpaired) electrons. The summed E-state index contributed by atoms with van der Waals surface area (Å²) in [7, 11) is 1.62. The smallest absolute Gasteiger partial charge is 0.257 e. The van der Waals surface area contributed by atoms with Crippen molar-refractivity contribution in [3.05, 3.63) is 83.5 Å². The summed E-state index contributed by atoms with van der Waals surface area (Å²) in [6.07, 6.45) is 1.49. The lowest BCUT2D eigenvalue weighted by atomic mass is 10.0. The van der Waals surface area contributed by atoms with Crippen LogP contribution < -0.4 is 10.1 Å². The van der Waals surface area contributed by atoms with Crippen molar-refractivity contribution in [1.82, 2.24) is 9.97 Å². The average molecular weight is 390 g/mol. The van der Waals surface area contributed by atoms with Gasteiger partial charge in [0.25, 0.3) is 5.91 Å². The van der Waals surface area contributed by atoms with E-state index in [1.54, 1.807) is 25.3 Å². The molecule has 0 bridgehead atoms. The lowest BCUT2D eigenvalue weighted by Gasteiger charge is -2.11. The first-order valence-electron chi connectivity index (χ1n) is 8.61. The fraction of sp³-hybridized carbons (Fsp3) is 0.0455. The molecule has 6 heteroatoms. The van der Waals surface area contributed by atoms with Crippen molar-refractivity contribution in [2.75, 3.05) is 12.4 Å². The number of fused-ring (bicyclic) bond motifs is 1. The van der Waals surface area contributed by atoms with Crippen molar-refractivity contribution in [2.24, 2.45) is 0 Å². The van der Waals surface area contributed by atoms with Crippen molar-refractivity contribution in [1.29, 1.82) is 0 Å². The first-order valence-corrected chi connectivity index (χ1v) is 8.99. The van der Waals surface area contributed by atoms with Crippen LogP contribution in [0.3, 0.4) is 0 Å². The number of hydrogen-bond acceptors (Lipinski definition) is 4. The van der Waals surface area contributed by atoms with Crippen molar-refractivity contribution >= 4 is 34.2 Å². The lowest BCUT2D eigenvalue weighted by Crippen LogP contribution is -2.14. The van der Waals surface area contributed by atoms with E-state index < -0.39 is 0 Å². The third kappa shape index (κ3) is 3.66. The predicted octanol–water partition coefficient (Wildman–Crippen LogP) is 5.21. The van der Waals surface area contributed by atoms with Gasteiger partial charge in [-0.3, -0.25) is 4.79 Å². The lowest BCUT2D eigenvalue weighted by molar-refractivity contribution is 0.102. The number of aromatic nitrogens is 2. The second-order valence-corrected chi connectivity index (χ2v) is 6.55. The molecule has 0 aliphatic rings. The van der Waals surface area contributed by atoms with E-state index in [2.05, 4.69) is 10.3 Å². The molecule has 0 aliphatic heterocycles. The predicted molar refractivity (Wildman–Crippen MR) is 111 cm³/mol. The quantitative estimate of drug-likeness (QED) is 0.520. The third-order valence-electron chi connectivity index (χ3n) is 4.32. The van der Waals surface area contributed by atoms with Gasteiger partial charge in [-0.05, 0) is 48.5 Å². The van der Waals surface area contributed by atoms with Crippen LogP contribution in [0.5, 0.6) is 5.75 Å². The number of pyridine rings is 2. The summed E-state index contributed by atoms with van der Waals surface area (Å²) in [6, 6.07) is 20.2. The minimum absolute atomic E-state index is 0.261. The highest BCUT2D eigenvalue weighted by Gasteiger charge is 2.14. The van der Waals surface area contributed by atoms with Crippen molar-refractivity contribution in [3.63, 3.8) is 0 Å². The number of rotatable bonds is 4. The first kappa shape index (κ1) is 17.9. The Kier molecular flexibility index (Phi) is 4.91. The molecule has 138 valence electrons. The number of carbonyl (C=O) groups excluding carboxylic acids is 1. The Morgan fingerprint density at radius 2 is 1.82 bits per heavy atom. The number of para-hydroxylation sites is 1. The van der Waals surface area contributed by atoms with Crippen LogP contribution in [0.25, 0.3) is 22.2 Å². The Morgan fingerprint density at radius 1 is 1.04 bits per heavy atom. The van der Waals surface area contributed by atoms with Gasteiger partial charge in [0, 0.05) is 17.1 Å². The average Bonchev–Trinajstić information content (AvgIpc) is 2.74. The van der Waals surface area contributed by atoms with Crippen LogP contribution in [0.2, 0.25) is 5.02 Å². The zero-order valence-corrected chi connectivity index (χ0v) is 15.8. The molecule has 0 spiro atoms. The maximum atomic E-state index is 13.0. The largest absolute Gasteiger partial charge is 0.497 e. The number of nitrogens with zero attached hydrogens (tertiary/aromatic N) is 2. The van der Waals surface area contributed by atoms with Crippen LogP contribution in [-0.2, 0) is 0 Å². The molecule has 0 unspecified atom stereocenters. The molecule has 5 nitrogen and oxygen atoms in total. The van der Waals surface area contributed by atoms with Crippen LogP contribution in [0.4, 0.5) is 5.82 Å². The SMILES string of the molecule is COc1ccc(-c2cc(C(=O)Nc3ccc(Cl)cn3)c3ccccc3n2)cc1. The number of benzene rings is 2. The Morgan fingerprint density at radius 3 is 2.54 bits per heavy atom. The Labute approximate surface area is 167 Å². The second kappa shape index (κ2) is 7.66. The van der Waals surface area contributed by atoms with Gasteiger partial charge in [0.1, 0.15) is 11.6 Å².